The molecule has 0 radical (unpaired) electrons. The summed E-state index contributed by atoms with van der Waals surface area (Å²) in [7, 11) is 0. The Morgan fingerprint density at radius 1 is 0.812 bits per heavy atom. The molecular weight excluding hydrogens is 402 g/mol. The first-order valence-corrected chi connectivity index (χ1v) is 10.8. The topological polar surface area (TPSA) is 79.5 Å². The largest absolute Gasteiger partial charge is 0.372 e. The van der Waals surface area contributed by atoms with E-state index in [4.69, 9.17) is 4.74 Å². The van der Waals surface area contributed by atoms with Crippen molar-refractivity contribution in [3.05, 3.63) is 101 Å². The van der Waals surface area contributed by atoms with Crippen LogP contribution in [0.5, 0.6) is 0 Å². The van der Waals surface area contributed by atoms with Crippen molar-refractivity contribution in [2.24, 2.45) is 0 Å². The molecule has 1 aliphatic rings. The molecule has 3 aromatic carbocycles. The Morgan fingerprint density at radius 2 is 1.50 bits per heavy atom. The number of anilines is 1. The van der Waals surface area contributed by atoms with E-state index in [0.717, 1.165) is 29.5 Å². The summed E-state index contributed by atoms with van der Waals surface area (Å²) in [6, 6.07) is 25.0. The fourth-order valence-corrected chi connectivity index (χ4v) is 3.22. The molecule has 0 aliphatic heterocycles. The van der Waals surface area contributed by atoms with Gasteiger partial charge in [0.05, 0.1) is 13.2 Å². The van der Waals surface area contributed by atoms with Gasteiger partial charge in [-0.25, -0.2) is 4.79 Å². The van der Waals surface area contributed by atoms with Gasteiger partial charge in [0.1, 0.15) is 0 Å². The molecule has 3 N–H and O–H groups in total. The van der Waals surface area contributed by atoms with Crippen molar-refractivity contribution in [2.75, 3.05) is 5.32 Å². The van der Waals surface area contributed by atoms with Crippen LogP contribution < -0.4 is 16.0 Å². The predicted molar refractivity (Wildman–Crippen MR) is 124 cm³/mol. The Labute approximate surface area is 188 Å². The van der Waals surface area contributed by atoms with Crippen molar-refractivity contribution in [3.8, 4) is 0 Å². The third kappa shape index (κ3) is 6.68. The SMILES string of the molecule is O=C(Nc1cccc(C(=O)NCc2ccc(COCc3ccccc3)cc2)c1)NC1CC1. The molecule has 6 heteroatoms. The van der Waals surface area contributed by atoms with E-state index in [9.17, 15) is 9.59 Å². The van der Waals surface area contributed by atoms with Crippen LogP contribution in [0.2, 0.25) is 0 Å². The number of urea groups is 1. The van der Waals surface area contributed by atoms with Gasteiger partial charge in [-0.3, -0.25) is 4.79 Å². The molecule has 1 aliphatic carbocycles. The number of amides is 3. The van der Waals surface area contributed by atoms with Gasteiger partial charge in [-0.15, -0.1) is 0 Å². The van der Waals surface area contributed by atoms with Crippen molar-refractivity contribution in [3.63, 3.8) is 0 Å². The Bertz CT molecular complexity index is 1050. The van der Waals surface area contributed by atoms with Gasteiger partial charge in [-0.05, 0) is 47.7 Å². The maximum Gasteiger partial charge on any atom is 0.319 e. The highest BCUT2D eigenvalue weighted by Gasteiger charge is 2.23. The zero-order valence-electron chi connectivity index (χ0n) is 17.8. The van der Waals surface area contributed by atoms with Crippen LogP contribution in [-0.2, 0) is 24.5 Å². The molecule has 1 saturated carbocycles. The Morgan fingerprint density at radius 3 is 2.22 bits per heavy atom. The Hall–Kier alpha value is -3.64. The van der Waals surface area contributed by atoms with Crippen LogP contribution in [0.15, 0.2) is 78.9 Å². The lowest BCUT2D eigenvalue weighted by Gasteiger charge is -2.10. The number of nitrogens with one attached hydrogen (secondary N) is 3. The fraction of sp³-hybridized carbons (Fsp3) is 0.231. The number of rotatable bonds is 9. The molecule has 0 atom stereocenters. The monoisotopic (exact) mass is 429 g/mol. The molecule has 0 bridgehead atoms. The van der Waals surface area contributed by atoms with Crippen molar-refractivity contribution in [2.45, 2.75) is 38.6 Å². The van der Waals surface area contributed by atoms with E-state index in [1.807, 2.05) is 54.6 Å². The first kappa shape index (κ1) is 21.6. The van der Waals surface area contributed by atoms with Gasteiger partial charge in [0.2, 0.25) is 0 Å². The van der Waals surface area contributed by atoms with E-state index >= 15 is 0 Å². The van der Waals surface area contributed by atoms with Crippen LogP contribution in [0, 0.1) is 0 Å². The average Bonchev–Trinajstić information content (AvgIpc) is 3.63. The zero-order chi connectivity index (χ0) is 22.2. The molecule has 0 saturated heterocycles. The summed E-state index contributed by atoms with van der Waals surface area (Å²) < 4.78 is 5.76. The number of hydrogen-bond acceptors (Lipinski definition) is 3. The van der Waals surface area contributed by atoms with Gasteiger partial charge in [0, 0.05) is 23.8 Å². The van der Waals surface area contributed by atoms with Crippen molar-refractivity contribution in [1.29, 1.82) is 0 Å². The summed E-state index contributed by atoms with van der Waals surface area (Å²) in [5, 5.41) is 8.56. The maximum absolute atomic E-state index is 12.5. The highest BCUT2D eigenvalue weighted by Crippen LogP contribution is 2.19. The summed E-state index contributed by atoms with van der Waals surface area (Å²) in [5.41, 5.74) is 4.33. The predicted octanol–water partition coefficient (Wildman–Crippen LogP) is 4.62. The third-order valence-electron chi connectivity index (χ3n) is 5.15. The summed E-state index contributed by atoms with van der Waals surface area (Å²) in [4.78, 5) is 24.4. The number of carbonyl (C=O) groups is 2. The first-order chi connectivity index (χ1) is 15.7. The lowest BCUT2D eigenvalue weighted by atomic mass is 10.1. The second-order valence-corrected chi connectivity index (χ2v) is 7.93. The van der Waals surface area contributed by atoms with Crippen LogP contribution in [-0.4, -0.2) is 18.0 Å². The quantitative estimate of drug-likeness (QED) is 0.464. The molecular formula is C26H27N3O3. The van der Waals surface area contributed by atoms with Crippen molar-refractivity contribution < 1.29 is 14.3 Å². The van der Waals surface area contributed by atoms with Gasteiger partial charge >= 0.3 is 6.03 Å². The second-order valence-electron chi connectivity index (χ2n) is 7.93. The molecule has 3 aromatic rings. The minimum atomic E-state index is -0.238. The molecule has 0 unspecified atom stereocenters. The molecule has 1 fully saturated rings. The number of hydrogen-bond donors (Lipinski definition) is 3. The summed E-state index contributed by atoms with van der Waals surface area (Å²) in [6.07, 6.45) is 2.05. The van der Waals surface area contributed by atoms with Crippen LogP contribution in [0.25, 0.3) is 0 Å². The second kappa shape index (κ2) is 10.6. The van der Waals surface area contributed by atoms with Gasteiger partial charge in [0.25, 0.3) is 5.91 Å². The Balaban J connectivity index is 1.23. The zero-order valence-corrected chi connectivity index (χ0v) is 17.8. The van der Waals surface area contributed by atoms with E-state index in [1.54, 1.807) is 24.3 Å². The normalized spacial score (nSPS) is 12.8. The molecule has 6 nitrogen and oxygen atoms in total. The molecule has 164 valence electrons. The van der Waals surface area contributed by atoms with Crippen molar-refractivity contribution >= 4 is 17.6 Å². The standard InChI is InChI=1S/C26H27N3O3/c30-25(22-7-4-8-24(15-22)29-26(31)28-23-13-14-23)27-16-19-9-11-21(12-10-19)18-32-17-20-5-2-1-3-6-20/h1-12,15,23H,13-14,16-18H2,(H,27,30)(H2,28,29,31). The van der Waals surface area contributed by atoms with Crippen LogP contribution in [0.4, 0.5) is 10.5 Å². The average molecular weight is 430 g/mol. The highest BCUT2D eigenvalue weighted by atomic mass is 16.5. The van der Waals surface area contributed by atoms with E-state index < -0.39 is 0 Å². The fourth-order valence-electron chi connectivity index (χ4n) is 3.22. The highest BCUT2D eigenvalue weighted by molar-refractivity contribution is 5.96. The van der Waals surface area contributed by atoms with E-state index in [1.165, 1.54) is 0 Å². The van der Waals surface area contributed by atoms with E-state index in [0.29, 0.717) is 31.0 Å². The molecule has 4 rings (SSSR count). The van der Waals surface area contributed by atoms with Crippen LogP contribution in [0.1, 0.15) is 39.9 Å². The number of carbonyl (C=O) groups excluding carboxylic acids is 2. The van der Waals surface area contributed by atoms with Crippen LogP contribution >= 0.6 is 0 Å². The smallest absolute Gasteiger partial charge is 0.319 e. The molecule has 0 spiro atoms. The third-order valence-corrected chi connectivity index (χ3v) is 5.15. The van der Waals surface area contributed by atoms with Gasteiger partial charge in [-0.1, -0.05) is 60.7 Å². The lowest BCUT2D eigenvalue weighted by Crippen LogP contribution is -2.30. The van der Waals surface area contributed by atoms with Gasteiger partial charge in [0.15, 0.2) is 0 Å². The van der Waals surface area contributed by atoms with Crippen LogP contribution in [0.3, 0.4) is 0 Å². The molecule has 0 heterocycles. The van der Waals surface area contributed by atoms with Crippen molar-refractivity contribution in [1.82, 2.24) is 10.6 Å². The van der Waals surface area contributed by atoms with Gasteiger partial charge in [-0.2, -0.15) is 0 Å². The maximum atomic E-state index is 12.5. The number of benzene rings is 3. The summed E-state index contributed by atoms with van der Waals surface area (Å²) in [5.74, 6) is -0.188. The first-order valence-electron chi connectivity index (χ1n) is 10.8. The molecule has 0 aromatic heterocycles. The minimum Gasteiger partial charge on any atom is -0.372 e. The molecule has 32 heavy (non-hydrogen) atoms. The van der Waals surface area contributed by atoms with E-state index in [-0.39, 0.29) is 18.0 Å². The summed E-state index contributed by atoms with van der Waals surface area (Å²) >= 11 is 0. The summed E-state index contributed by atoms with van der Waals surface area (Å²) in [6.45, 7) is 1.54. The number of ether oxygens (including phenoxy) is 1. The Kier molecular flexibility index (Phi) is 7.15. The van der Waals surface area contributed by atoms with Gasteiger partial charge < -0.3 is 20.7 Å². The van der Waals surface area contributed by atoms with E-state index in [2.05, 4.69) is 16.0 Å². The minimum absolute atomic E-state index is 0.188. The lowest BCUT2D eigenvalue weighted by molar-refractivity contribution is 0.0950. The molecule has 3 amide bonds.